The highest BCUT2D eigenvalue weighted by molar-refractivity contribution is 6.30. The highest BCUT2D eigenvalue weighted by Crippen LogP contribution is 2.49. The van der Waals surface area contributed by atoms with Gasteiger partial charge in [0.05, 0.1) is 0 Å². The van der Waals surface area contributed by atoms with Crippen LogP contribution >= 0.6 is 11.6 Å². The Labute approximate surface area is 111 Å². The molecule has 0 spiro atoms. The first kappa shape index (κ1) is 14.8. The third-order valence-corrected chi connectivity index (χ3v) is 3.29. The molecule has 0 heterocycles. The first-order valence-corrected chi connectivity index (χ1v) is 6.35. The minimum Gasteiger partial charge on any atom is -0.409 e. The van der Waals surface area contributed by atoms with Crippen molar-refractivity contribution in [3.8, 4) is 0 Å². The van der Waals surface area contributed by atoms with E-state index in [0.717, 1.165) is 0 Å². The van der Waals surface area contributed by atoms with Gasteiger partial charge in [0.2, 0.25) is 0 Å². The molecule has 1 saturated carbocycles. The lowest BCUT2D eigenvalue weighted by Crippen LogP contribution is -2.44. The normalized spacial score (nSPS) is 26.9. The fraction of sp³-hybridized carbons (Fsp3) is 0.462. The van der Waals surface area contributed by atoms with Crippen molar-refractivity contribution in [2.75, 3.05) is 0 Å². The van der Waals surface area contributed by atoms with Crippen molar-refractivity contribution in [1.82, 2.24) is 0 Å². The number of benzene rings is 1. The molecule has 100 valence electrons. The first-order valence-electron chi connectivity index (χ1n) is 5.97. The summed E-state index contributed by atoms with van der Waals surface area (Å²) in [5.41, 5.74) is 4.64. The molecular weight excluding hydrogens is 255 g/mol. The smallest absolute Gasteiger partial charge is 0.142 e. The number of amidine groups is 1. The minimum atomic E-state index is -1.37. The van der Waals surface area contributed by atoms with E-state index in [4.69, 9.17) is 22.5 Å². The molecule has 2 rings (SSSR count). The molecule has 3 nitrogen and oxygen atoms in total. The summed E-state index contributed by atoms with van der Waals surface area (Å²) in [4.78, 5) is 0. The highest BCUT2D eigenvalue weighted by atomic mass is 35.5. The average molecular weight is 273 g/mol. The van der Waals surface area contributed by atoms with Crippen molar-refractivity contribution in [2.45, 2.75) is 32.4 Å². The van der Waals surface area contributed by atoms with Crippen LogP contribution in [0.5, 0.6) is 0 Å². The number of rotatable bonds is 2. The predicted octanol–water partition coefficient (Wildman–Crippen LogP) is 3.69. The molecule has 5 heteroatoms. The Hall–Kier alpha value is -1.29. The Bertz CT molecular complexity index is 414. The Morgan fingerprint density at radius 2 is 1.89 bits per heavy atom. The van der Waals surface area contributed by atoms with Crippen LogP contribution in [0.2, 0.25) is 5.02 Å². The molecule has 0 unspecified atom stereocenters. The maximum atomic E-state index is 14.3. The van der Waals surface area contributed by atoms with Gasteiger partial charge in [0.1, 0.15) is 11.5 Å². The van der Waals surface area contributed by atoms with Crippen LogP contribution in [0.3, 0.4) is 0 Å². The van der Waals surface area contributed by atoms with Gasteiger partial charge in [-0.1, -0.05) is 42.7 Å². The summed E-state index contributed by atoms with van der Waals surface area (Å²) < 4.78 is 14.3. The number of alkyl halides is 1. The summed E-state index contributed by atoms with van der Waals surface area (Å²) in [5, 5.41) is 11.9. The van der Waals surface area contributed by atoms with E-state index in [2.05, 4.69) is 5.16 Å². The third-order valence-electron chi connectivity index (χ3n) is 3.04. The van der Waals surface area contributed by atoms with Gasteiger partial charge in [0.15, 0.2) is 0 Å². The molecule has 1 fully saturated rings. The molecular formula is C13H18ClFN2O. The summed E-state index contributed by atoms with van der Waals surface area (Å²) in [6.45, 7) is 4.00. The van der Waals surface area contributed by atoms with Crippen molar-refractivity contribution in [3.05, 3.63) is 34.9 Å². The van der Waals surface area contributed by atoms with Crippen LogP contribution in [-0.4, -0.2) is 11.0 Å². The monoisotopic (exact) mass is 272 g/mol. The summed E-state index contributed by atoms with van der Waals surface area (Å²) in [6.07, 6.45) is 0.509. The van der Waals surface area contributed by atoms with Crippen LogP contribution in [0.1, 0.15) is 32.3 Å². The second kappa shape index (κ2) is 6.05. The van der Waals surface area contributed by atoms with Gasteiger partial charge in [-0.15, -0.1) is 0 Å². The molecule has 0 aliphatic heterocycles. The standard InChI is InChI=1S/C11H12ClFN2O.C2H6/c12-9-3-1-8(2-4-9)11(13)5-7(6-11)10(14)15-16;1-2/h1-4,7,16H,5-6H2,(H2,14,15);1-2H3. The maximum Gasteiger partial charge on any atom is 0.142 e. The zero-order chi connectivity index (χ0) is 13.8. The molecule has 18 heavy (non-hydrogen) atoms. The van der Waals surface area contributed by atoms with Crippen LogP contribution in [0.25, 0.3) is 0 Å². The molecule has 1 aliphatic carbocycles. The summed E-state index contributed by atoms with van der Waals surface area (Å²) in [7, 11) is 0. The van der Waals surface area contributed by atoms with E-state index in [9.17, 15) is 4.39 Å². The molecule has 0 saturated heterocycles. The van der Waals surface area contributed by atoms with Crippen LogP contribution in [0, 0.1) is 5.92 Å². The van der Waals surface area contributed by atoms with Crippen LogP contribution in [0.4, 0.5) is 4.39 Å². The fourth-order valence-corrected chi connectivity index (χ4v) is 2.12. The van der Waals surface area contributed by atoms with Gasteiger partial charge in [-0.3, -0.25) is 0 Å². The maximum absolute atomic E-state index is 14.3. The lowest BCUT2D eigenvalue weighted by atomic mass is 9.68. The zero-order valence-electron chi connectivity index (χ0n) is 10.5. The SMILES string of the molecule is CC.N/C(=N\O)C1CC(F)(c2ccc(Cl)cc2)C1. The van der Waals surface area contributed by atoms with E-state index in [0.29, 0.717) is 10.6 Å². The lowest BCUT2D eigenvalue weighted by Gasteiger charge is -2.41. The number of hydrogen-bond acceptors (Lipinski definition) is 2. The summed E-state index contributed by atoms with van der Waals surface area (Å²) in [6, 6.07) is 6.67. The van der Waals surface area contributed by atoms with Crippen molar-refractivity contribution in [1.29, 1.82) is 0 Å². The molecule has 1 aliphatic rings. The van der Waals surface area contributed by atoms with Crippen molar-refractivity contribution in [3.63, 3.8) is 0 Å². The molecule has 1 aromatic carbocycles. The Balaban J connectivity index is 0.000000771. The number of nitrogens with two attached hydrogens (primary N) is 1. The average Bonchev–Trinajstić information content (AvgIpc) is 2.37. The zero-order valence-corrected chi connectivity index (χ0v) is 11.3. The number of halogens is 2. The van der Waals surface area contributed by atoms with Crippen LogP contribution in [0.15, 0.2) is 29.4 Å². The largest absolute Gasteiger partial charge is 0.409 e. The minimum absolute atomic E-state index is 0.0993. The van der Waals surface area contributed by atoms with Gasteiger partial charge < -0.3 is 10.9 Å². The molecule has 3 N–H and O–H groups in total. The molecule has 0 atom stereocenters. The number of nitrogens with zero attached hydrogens (tertiary/aromatic N) is 1. The molecule has 0 amide bonds. The van der Waals surface area contributed by atoms with E-state index >= 15 is 0 Å². The van der Waals surface area contributed by atoms with Crippen molar-refractivity contribution >= 4 is 17.4 Å². The number of oxime groups is 1. The predicted molar refractivity (Wildman–Crippen MR) is 71.7 cm³/mol. The van der Waals surface area contributed by atoms with Crippen LogP contribution < -0.4 is 5.73 Å². The Morgan fingerprint density at radius 3 is 2.33 bits per heavy atom. The van der Waals surface area contributed by atoms with Crippen molar-refractivity contribution < 1.29 is 9.60 Å². The summed E-state index contributed by atoms with van der Waals surface area (Å²) >= 11 is 5.73. The van der Waals surface area contributed by atoms with Gasteiger partial charge in [-0.2, -0.15) is 0 Å². The van der Waals surface area contributed by atoms with Crippen LogP contribution in [-0.2, 0) is 5.67 Å². The van der Waals surface area contributed by atoms with E-state index < -0.39 is 5.67 Å². The van der Waals surface area contributed by atoms with E-state index in [1.807, 2.05) is 13.8 Å². The summed E-state index contributed by atoms with van der Waals surface area (Å²) in [5.74, 6) is -0.0760. The van der Waals surface area contributed by atoms with Gasteiger partial charge >= 0.3 is 0 Å². The van der Waals surface area contributed by atoms with E-state index in [1.54, 1.807) is 24.3 Å². The van der Waals surface area contributed by atoms with E-state index in [-0.39, 0.29) is 24.6 Å². The van der Waals surface area contributed by atoms with E-state index in [1.165, 1.54) is 0 Å². The van der Waals surface area contributed by atoms with Gasteiger partial charge in [-0.05, 0) is 30.5 Å². The fourth-order valence-electron chi connectivity index (χ4n) is 2.00. The molecule has 1 aromatic rings. The topological polar surface area (TPSA) is 58.6 Å². The number of hydrogen-bond donors (Lipinski definition) is 2. The van der Waals surface area contributed by atoms with Gasteiger partial charge in [0, 0.05) is 10.9 Å². The third kappa shape index (κ3) is 2.93. The van der Waals surface area contributed by atoms with Gasteiger partial charge in [-0.25, -0.2) is 4.39 Å². The second-order valence-electron chi connectivity index (χ2n) is 4.10. The second-order valence-corrected chi connectivity index (χ2v) is 4.54. The lowest BCUT2D eigenvalue weighted by molar-refractivity contribution is 0.0305. The molecule has 0 radical (unpaired) electrons. The Kier molecular flexibility index (Phi) is 4.96. The quantitative estimate of drug-likeness (QED) is 0.373. The first-order chi connectivity index (χ1) is 8.55. The molecule has 0 bridgehead atoms. The van der Waals surface area contributed by atoms with Crippen molar-refractivity contribution in [2.24, 2.45) is 16.8 Å². The Morgan fingerprint density at radius 1 is 1.39 bits per heavy atom. The van der Waals surface area contributed by atoms with Gasteiger partial charge in [0.25, 0.3) is 0 Å². The highest BCUT2D eigenvalue weighted by Gasteiger charge is 2.47. The molecule has 0 aromatic heterocycles.